The van der Waals surface area contributed by atoms with Gasteiger partial charge in [-0.25, -0.2) is 4.98 Å². The summed E-state index contributed by atoms with van der Waals surface area (Å²) in [4.78, 5) is 17.5. The van der Waals surface area contributed by atoms with Crippen LogP contribution in [0.3, 0.4) is 0 Å². The van der Waals surface area contributed by atoms with E-state index in [-0.39, 0.29) is 12.5 Å². The normalized spacial score (nSPS) is 10.6. The minimum atomic E-state index is -0.247. The standard InChI is InChI=1S/C19H16Cl2N2O2S/c1-12-17(10-13-7-8-15(20)16(21)9-13)26-19(22-12)23-18(24)11-25-14-5-3-2-4-6-14/h2-9H,10-11H2,1H3,(H,22,23,24). The molecule has 0 unspecified atom stereocenters. The number of carbonyl (C=O) groups is 1. The number of carbonyl (C=O) groups excluding carboxylic acids is 1. The van der Waals surface area contributed by atoms with Crippen molar-refractivity contribution in [1.82, 2.24) is 4.98 Å². The van der Waals surface area contributed by atoms with E-state index in [1.165, 1.54) is 11.3 Å². The fourth-order valence-electron chi connectivity index (χ4n) is 2.30. The predicted molar refractivity (Wildman–Crippen MR) is 107 cm³/mol. The lowest BCUT2D eigenvalue weighted by Crippen LogP contribution is -2.20. The molecule has 0 aliphatic rings. The molecule has 0 aliphatic heterocycles. The Morgan fingerprint density at radius 3 is 2.65 bits per heavy atom. The van der Waals surface area contributed by atoms with E-state index < -0.39 is 0 Å². The maximum atomic E-state index is 12.0. The van der Waals surface area contributed by atoms with Gasteiger partial charge in [-0.1, -0.05) is 47.5 Å². The Kier molecular flexibility index (Phi) is 6.14. The van der Waals surface area contributed by atoms with Crippen LogP contribution in [0.4, 0.5) is 5.13 Å². The van der Waals surface area contributed by atoms with Crippen molar-refractivity contribution < 1.29 is 9.53 Å². The molecule has 0 atom stereocenters. The third-order valence-electron chi connectivity index (χ3n) is 3.60. The molecule has 0 saturated heterocycles. The Morgan fingerprint density at radius 2 is 1.92 bits per heavy atom. The van der Waals surface area contributed by atoms with Gasteiger partial charge < -0.3 is 4.74 Å². The quantitative estimate of drug-likeness (QED) is 0.598. The molecule has 1 amide bonds. The SMILES string of the molecule is Cc1nc(NC(=O)COc2ccccc2)sc1Cc1ccc(Cl)c(Cl)c1. The van der Waals surface area contributed by atoms with E-state index in [4.69, 9.17) is 27.9 Å². The van der Waals surface area contributed by atoms with Crippen molar-refractivity contribution in [2.45, 2.75) is 13.3 Å². The molecule has 0 radical (unpaired) electrons. The average molecular weight is 407 g/mol. The summed E-state index contributed by atoms with van der Waals surface area (Å²) < 4.78 is 5.43. The van der Waals surface area contributed by atoms with Crippen molar-refractivity contribution in [1.29, 1.82) is 0 Å². The fraction of sp³-hybridized carbons (Fsp3) is 0.158. The van der Waals surface area contributed by atoms with Gasteiger partial charge in [-0.3, -0.25) is 10.1 Å². The molecule has 0 aliphatic carbocycles. The lowest BCUT2D eigenvalue weighted by Gasteiger charge is -2.05. The van der Waals surface area contributed by atoms with Crippen LogP contribution in [0.2, 0.25) is 10.0 Å². The van der Waals surface area contributed by atoms with Gasteiger partial charge in [0.2, 0.25) is 0 Å². The van der Waals surface area contributed by atoms with Gasteiger partial charge in [0.1, 0.15) is 5.75 Å². The van der Waals surface area contributed by atoms with Crippen LogP contribution in [0, 0.1) is 6.92 Å². The number of benzene rings is 2. The zero-order valence-electron chi connectivity index (χ0n) is 14.0. The highest BCUT2D eigenvalue weighted by Gasteiger charge is 2.12. The van der Waals surface area contributed by atoms with E-state index >= 15 is 0 Å². The first-order valence-electron chi connectivity index (χ1n) is 7.89. The van der Waals surface area contributed by atoms with Crippen molar-refractivity contribution in [3.05, 3.63) is 74.7 Å². The molecule has 134 valence electrons. The number of hydrogen-bond acceptors (Lipinski definition) is 4. The van der Waals surface area contributed by atoms with Gasteiger partial charge >= 0.3 is 0 Å². The molecule has 0 fully saturated rings. The van der Waals surface area contributed by atoms with Gasteiger partial charge in [0, 0.05) is 11.3 Å². The summed E-state index contributed by atoms with van der Waals surface area (Å²) >= 11 is 13.5. The van der Waals surface area contributed by atoms with Crippen LogP contribution in [0.5, 0.6) is 5.75 Å². The molecule has 4 nitrogen and oxygen atoms in total. The molecule has 1 aromatic heterocycles. The summed E-state index contributed by atoms with van der Waals surface area (Å²) in [6.45, 7) is 1.85. The van der Waals surface area contributed by atoms with Crippen LogP contribution in [0.1, 0.15) is 16.1 Å². The third kappa shape index (κ3) is 4.97. The van der Waals surface area contributed by atoms with Crippen LogP contribution < -0.4 is 10.1 Å². The van der Waals surface area contributed by atoms with Crippen molar-refractivity contribution in [2.75, 3.05) is 11.9 Å². The maximum Gasteiger partial charge on any atom is 0.264 e. The van der Waals surface area contributed by atoms with Crippen molar-refractivity contribution in [3.63, 3.8) is 0 Å². The lowest BCUT2D eigenvalue weighted by molar-refractivity contribution is -0.118. The molecule has 0 spiro atoms. The first-order chi connectivity index (χ1) is 12.5. The van der Waals surface area contributed by atoms with Crippen LogP contribution in [0.25, 0.3) is 0 Å². The highest BCUT2D eigenvalue weighted by molar-refractivity contribution is 7.15. The minimum Gasteiger partial charge on any atom is -0.484 e. The summed E-state index contributed by atoms with van der Waals surface area (Å²) in [5.41, 5.74) is 1.91. The largest absolute Gasteiger partial charge is 0.484 e. The number of thiazole rings is 1. The Bertz CT molecular complexity index is 913. The van der Waals surface area contributed by atoms with Gasteiger partial charge in [-0.15, -0.1) is 11.3 Å². The number of anilines is 1. The zero-order chi connectivity index (χ0) is 18.5. The molecule has 3 rings (SSSR count). The van der Waals surface area contributed by atoms with E-state index in [0.717, 1.165) is 16.1 Å². The second-order valence-electron chi connectivity index (χ2n) is 5.60. The number of amides is 1. The Morgan fingerprint density at radius 1 is 1.15 bits per heavy atom. The second kappa shape index (κ2) is 8.54. The number of aryl methyl sites for hydroxylation is 1. The molecule has 2 aromatic carbocycles. The van der Waals surface area contributed by atoms with Crippen molar-refractivity contribution >= 4 is 45.6 Å². The summed E-state index contributed by atoms with van der Waals surface area (Å²) in [6.07, 6.45) is 0.677. The average Bonchev–Trinajstić information content (AvgIpc) is 2.96. The Labute approximate surface area is 165 Å². The molecule has 1 N–H and O–H groups in total. The van der Waals surface area contributed by atoms with Gasteiger partial charge in [0.15, 0.2) is 11.7 Å². The molecule has 7 heteroatoms. The highest BCUT2D eigenvalue weighted by Crippen LogP contribution is 2.28. The molecular weight excluding hydrogens is 391 g/mol. The summed E-state index contributed by atoms with van der Waals surface area (Å²) in [7, 11) is 0. The third-order valence-corrected chi connectivity index (χ3v) is 5.41. The van der Waals surface area contributed by atoms with Crippen LogP contribution >= 0.6 is 34.5 Å². The Balaban J connectivity index is 1.60. The minimum absolute atomic E-state index is 0.0647. The van der Waals surface area contributed by atoms with Crippen molar-refractivity contribution in [3.8, 4) is 5.75 Å². The predicted octanol–water partition coefficient (Wildman–Crippen LogP) is 5.37. The second-order valence-corrected chi connectivity index (χ2v) is 7.50. The van der Waals surface area contributed by atoms with E-state index in [0.29, 0.717) is 27.3 Å². The summed E-state index contributed by atoms with van der Waals surface area (Å²) in [5.74, 6) is 0.405. The van der Waals surface area contributed by atoms with Gasteiger partial charge in [-0.05, 0) is 36.8 Å². The number of hydrogen-bond donors (Lipinski definition) is 1. The zero-order valence-corrected chi connectivity index (χ0v) is 16.3. The fourth-order valence-corrected chi connectivity index (χ4v) is 3.64. The molecule has 26 heavy (non-hydrogen) atoms. The first kappa shape index (κ1) is 18.7. The summed E-state index contributed by atoms with van der Waals surface area (Å²) in [6, 6.07) is 14.7. The van der Waals surface area contributed by atoms with Crippen LogP contribution in [0.15, 0.2) is 48.5 Å². The molecular formula is C19H16Cl2N2O2S. The topological polar surface area (TPSA) is 51.2 Å². The number of nitrogens with zero attached hydrogens (tertiary/aromatic N) is 1. The number of nitrogens with one attached hydrogen (secondary N) is 1. The monoisotopic (exact) mass is 406 g/mol. The van der Waals surface area contributed by atoms with Crippen LogP contribution in [-0.4, -0.2) is 17.5 Å². The van der Waals surface area contributed by atoms with Gasteiger partial charge in [0.05, 0.1) is 15.7 Å². The van der Waals surface area contributed by atoms with Crippen molar-refractivity contribution in [2.24, 2.45) is 0 Å². The first-order valence-corrected chi connectivity index (χ1v) is 9.46. The number of aromatic nitrogens is 1. The smallest absolute Gasteiger partial charge is 0.264 e. The maximum absolute atomic E-state index is 12.0. The number of para-hydroxylation sites is 1. The number of halogens is 2. The number of rotatable bonds is 6. The van der Waals surface area contributed by atoms with E-state index in [2.05, 4.69) is 10.3 Å². The number of ether oxygens (including phenoxy) is 1. The van der Waals surface area contributed by atoms with Gasteiger partial charge in [0.25, 0.3) is 5.91 Å². The van der Waals surface area contributed by atoms with Crippen LogP contribution in [-0.2, 0) is 11.2 Å². The molecule has 1 heterocycles. The summed E-state index contributed by atoms with van der Waals surface area (Å²) in [5, 5.41) is 4.39. The lowest BCUT2D eigenvalue weighted by atomic mass is 10.1. The van der Waals surface area contributed by atoms with E-state index in [1.54, 1.807) is 18.2 Å². The molecule has 0 saturated carbocycles. The molecule has 3 aromatic rings. The molecule has 0 bridgehead atoms. The Hall–Kier alpha value is -2.08. The van der Waals surface area contributed by atoms with E-state index in [1.807, 2.05) is 37.3 Å². The highest BCUT2D eigenvalue weighted by atomic mass is 35.5. The van der Waals surface area contributed by atoms with E-state index in [9.17, 15) is 4.79 Å². The van der Waals surface area contributed by atoms with Gasteiger partial charge in [-0.2, -0.15) is 0 Å².